The lowest BCUT2D eigenvalue weighted by Crippen LogP contribution is -2.53. The van der Waals surface area contributed by atoms with Gasteiger partial charge in [-0.25, -0.2) is 9.59 Å². The van der Waals surface area contributed by atoms with Gasteiger partial charge in [0, 0.05) is 33.0 Å². The van der Waals surface area contributed by atoms with E-state index in [2.05, 4.69) is 4.74 Å². The first-order chi connectivity index (χ1) is 9.88. The van der Waals surface area contributed by atoms with Crippen molar-refractivity contribution in [2.75, 3.05) is 27.2 Å². The molecule has 0 unspecified atom stereocenters. The lowest BCUT2D eigenvalue weighted by molar-refractivity contribution is -0.171. The predicted octanol–water partition coefficient (Wildman–Crippen LogP) is 1.58. The Balaban J connectivity index is 2.77. The summed E-state index contributed by atoms with van der Waals surface area (Å²) in [4.78, 5) is 25.4. The molecule has 110 valence electrons. The number of amides is 1. The monoisotopic (exact) mass is 276 g/mol. The maximum atomic E-state index is 12.0. The molecule has 0 bridgehead atoms. The molecule has 1 heterocycles. The molecule has 1 aliphatic rings. The Bertz CT molecular complexity index is 422. The summed E-state index contributed by atoms with van der Waals surface area (Å²) in [7, 11) is -1.55. The molecule has 0 aromatic heterocycles. The predicted molar refractivity (Wildman–Crippen MR) is 68.8 cm³/mol. The molecule has 0 atom stereocenters. The van der Waals surface area contributed by atoms with Crippen LogP contribution in [0.5, 0.6) is 0 Å². The Hall–Kier alpha value is -1.30. The normalized spacial score (nSPS) is 21.9. The Morgan fingerprint density at radius 1 is 1.26 bits per heavy atom. The van der Waals surface area contributed by atoms with Crippen LogP contribution in [0, 0.1) is 0 Å². The van der Waals surface area contributed by atoms with Crippen LogP contribution in [0.25, 0.3) is 0 Å². The summed E-state index contributed by atoms with van der Waals surface area (Å²) in [6.07, 6.45) is -0.422. The summed E-state index contributed by atoms with van der Waals surface area (Å²) in [5, 5.41) is 0. The molecule has 6 nitrogen and oxygen atoms in total. The molecular weight excluding hydrogens is 250 g/mol. The first-order valence-corrected chi connectivity index (χ1v) is 6.15. The van der Waals surface area contributed by atoms with Gasteiger partial charge in [0.2, 0.25) is 0 Å². The van der Waals surface area contributed by atoms with Gasteiger partial charge in [0.05, 0.1) is 11.2 Å². The largest absolute Gasteiger partial charge is 0.467 e. The minimum atomic E-state index is -2.72. The SMILES string of the molecule is [2H]C([2H])([2H])OC1(C(=O)OC)CCN(C(=O)OC(C)(C)C)CC1. The maximum absolute atomic E-state index is 12.0. The van der Waals surface area contributed by atoms with E-state index in [1.54, 1.807) is 20.8 Å². The lowest BCUT2D eigenvalue weighted by Gasteiger charge is -2.38. The number of carbonyl (C=O) groups is 2. The fourth-order valence-electron chi connectivity index (χ4n) is 1.91. The number of esters is 1. The number of nitrogens with zero attached hydrogens (tertiary/aromatic N) is 1. The van der Waals surface area contributed by atoms with Crippen molar-refractivity contribution >= 4 is 12.1 Å². The summed E-state index contributed by atoms with van der Waals surface area (Å²) in [6, 6.07) is 0. The van der Waals surface area contributed by atoms with Crippen molar-refractivity contribution in [1.82, 2.24) is 4.90 Å². The van der Waals surface area contributed by atoms with Crippen molar-refractivity contribution in [3.63, 3.8) is 0 Å². The van der Waals surface area contributed by atoms with Gasteiger partial charge < -0.3 is 19.1 Å². The highest BCUT2D eigenvalue weighted by atomic mass is 16.6. The number of methoxy groups -OCH3 is 2. The third kappa shape index (κ3) is 3.83. The van der Waals surface area contributed by atoms with Crippen LogP contribution < -0.4 is 0 Å². The lowest BCUT2D eigenvalue weighted by atomic mass is 9.91. The molecule has 1 amide bonds. The van der Waals surface area contributed by atoms with E-state index >= 15 is 0 Å². The number of carbonyl (C=O) groups excluding carboxylic acids is 2. The third-order valence-corrected chi connectivity index (χ3v) is 2.98. The molecule has 0 N–H and O–H groups in total. The van der Waals surface area contributed by atoms with Gasteiger partial charge in [-0.1, -0.05) is 0 Å². The van der Waals surface area contributed by atoms with Crippen LogP contribution in [-0.4, -0.2) is 55.4 Å². The van der Waals surface area contributed by atoms with E-state index in [1.165, 1.54) is 12.0 Å². The second-order valence-corrected chi connectivity index (χ2v) is 5.56. The van der Waals surface area contributed by atoms with Gasteiger partial charge in [0.15, 0.2) is 5.60 Å². The summed E-state index contributed by atoms with van der Waals surface area (Å²) in [6.45, 7) is 5.57. The Labute approximate surface area is 118 Å². The first kappa shape index (κ1) is 11.5. The fraction of sp³-hybridized carbons (Fsp3) is 0.846. The smallest absolute Gasteiger partial charge is 0.410 e. The second-order valence-electron chi connectivity index (χ2n) is 5.56. The molecule has 0 aromatic carbocycles. The van der Waals surface area contributed by atoms with Crippen LogP contribution in [-0.2, 0) is 19.0 Å². The van der Waals surface area contributed by atoms with E-state index in [9.17, 15) is 9.59 Å². The zero-order valence-corrected chi connectivity index (χ0v) is 11.8. The minimum Gasteiger partial charge on any atom is -0.467 e. The molecule has 0 aliphatic carbocycles. The molecule has 0 saturated carbocycles. The van der Waals surface area contributed by atoms with Crippen molar-refractivity contribution < 1.29 is 27.9 Å². The highest BCUT2D eigenvalue weighted by Crippen LogP contribution is 2.28. The van der Waals surface area contributed by atoms with E-state index < -0.39 is 30.3 Å². The van der Waals surface area contributed by atoms with E-state index in [-0.39, 0.29) is 25.9 Å². The topological polar surface area (TPSA) is 65.1 Å². The molecule has 0 aromatic rings. The molecule has 1 saturated heterocycles. The minimum absolute atomic E-state index is 0.0390. The molecule has 6 heteroatoms. The number of hydrogen-bond donors (Lipinski definition) is 0. The van der Waals surface area contributed by atoms with Gasteiger partial charge in [-0.2, -0.15) is 0 Å². The highest BCUT2D eigenvalue weighted by molar-refractivity contribution is 5.80. The van der Waals surface area contributed by atoms with Crippen molar-refractivity contribution in [3.8, 4) is 0 Å². The standard InChI is InChI=1S/C13H23NO5/c1-12(2,3)19-11(16)14-8-6-13(18-5,7-9-14)10(15)17-4/h6-9H2,1-5H3/i5D3. The number of piperidine rings is 1. The van der Waals surface area contributed by atoms with Gasteiger partial charge in [0.1, 0.15) is 5.60 Å². The van der Waals surface area contributed by atoms with Crippen LogP contribution in [0.3, 0.4) is 0 Å². The maximum Gasteiger partial charge on any atom is 0.410 e. The second kappa shape index (κ2) is 5.77. The molecule has 1 rings (SSSR count). The Morgan fingerprint density at radius 2 is 1.84 bits per heavy atom. The van der Waals surface area contributed by atoms with Crippen LogP contribution in [0.2, 0.25) is 0 Å². The van der Waals surface area contributed by atoms with Crippen molar-refractivity contribution in [3.05, 3.63) is 0 Å². The van der Waals surface area contributed by atoms with Crippen molar-refractivity contribution in [2.45, 2.75) is 44.8 Å². The van der Waals surface area contributed by atoms with Gasteiger partial charge in [-0.15, -0.1) is 0 Å². The quantitative estimate of drug-likeness (QED) is 0.716. The van der Waals surface area contributed by atoms with Gasteiger partial charge in [-0.3, -0.25) is 0 Å². The molecule has 1 fully saturated rings. The average molecular weight is 276 g/mol. The van der Waals surface area contributed by atoms with Crippen molar-refractivity contribution in [2.24, 2.45) is 0 Å². The molecular formula is C13H23NO5. The molecule has 0 spiro atoms. The zero-order chi connectivity index (χ0) is 17.2. The zero-order valence-electron chi connectivity index (χ0n) is 14.8. The highest BCUT2D eigenvalue weighted by Gasteiger charge is 2.44. The van der Waals surface area contributed by atoms with Crippen molar-refractivity contribution in [1.29, 1.82) is 0 Å². The van der Waals surface area contributed by atoms with E-state index in [4.69, 9.17) is 13.6 Å². The van der Waals surface area contributed by atoms with E-state index in [0.717, 1.165) is 0 Å². The summed E-state index contributed by atoms with van der Waals surface area (Å²) in [5.74, 6) is -0.743. The van der Waals surface area contributed by atoms with Crippen LogP contribution >= 0.6 is 0 Å². The van der Waals surface area contributed by atoms with E-state index in [1.807, 2.05) is 0 Å². The van der Waals surface area contributed by atoms with Gasteiger partial charge in [0.25, 0.3) is 0 Å². The Morgan fingerprint density at radius 3 is 2.26 bits per heavy atom. The molecule has 0 radical (unpaired) electrons. The van der Waals surface area contributed by atoms with Gasteiger partial charge in [-0.05, 0) is 20.8 Å². The van der Waals surface area contributed by atoms with Crippen LogP contribution in [0.1, 0.15) is 37.7 Å². The number of rotatable bonds is 2. The number of likely N-dealkylation sites (tertiary alicyclic amines) is 1. The Kier molecular flexibility index (Phi) is 3.50. The molecule has 19 heavy (non-hydrogen) atoms. The van der Waals surface area contributed by atoms with E-state index in [0.29, 0.717) is 0 Å². The third-order valence-electron chi connectivity index (χ3n) is 2.98. The van der Waals surface area contributed by atoms with Crippen LogP contribution in [0.15, 0.2) is 0 Å². The van der Waals surface area contributed by atoms with Gasteiger partial charge >= 0.3 is 12.1 Å². The summed E-state index contributed by atoms with van der Waals surface area (Å²) >= 11 is 0. The number of hydrogen-bond acceptors (Lipinski definition) is 5. The molecule has 1 aliphatic heterocycles. The fourth-order valence-corrected chi connectivity index (χ4v) is 1.91. The summed E-state index contributed by atoms with van der Waals surface area (Å²) < 4.78 is 36.6. The first-order valence-electron chi connectivity index (χ1n) is 7.65. The average Bonchev–Trinajstić information content (AvgIpc) is 2.34. The summed E-state index contributed by atoms with van der Waals surface area (Å²) in [5.41, 5.74) is -2.18. The number of ether oxygens (including phenoxy) is 3. The van der Waals surface area contributed by atoms with Crippen LogP contribution in [0.4, 0.5) is 4.79 Å².